The van der Waals surface area contributed by atoms with Crippen molar-refractivity contribution in [1.29, 1.82) is 0 Å². The third-order valence-corrected chi connectivity index (χ3v) is 5.44. The number of carbonyl (C=O) groups excluding carboxylic acids is 1. The molecule has 0 saturated heterocycles. The minimum absolute atomic E-state index is 0. The summed E-state index contributed by atoms with van der Waals surface area (Å²) in [6, 6.07) is 16.1. The SMILES string of the molecule is C=CCN(CC=C)CC(C(C)=O)C(c1ccccc1)c1c(O)c2ccccc2oc1=O.Cl. The molecular weight excluding hydrogens is 426 g/mol. The molecule has 1 N–H and O–H groups in total. The molecule has 3 rings (SSSR count). The molecule has 168 valence electrons. The van der Waals surface area contributed by atoms with E-state index in [1.54, 1.807) is 36.4 Å². The highest BCUT2D eigenvalue weighted by Crippen LogP contribution is 2.39. The highest BCUT2D eigenvalue weighted by Gasteiger charge is 2.35. The number of rotatable bonds is 10. The molecule has 2 aromatic carbocycles. The summed E-state index contributed by atoms with van der Waals surface area (Å²) in [4.78, 5) is 27.9. The fourth-order valence-electron chi connectivity index (χ4n) is 4.02. The first-order valence-electron chi connectivity index (χ1n) is 10.2. The predicted molar refractivity (Wildman–Crippen MR) is 131 cm³/mol. The molecule has 0 amide bonds. The Hall–Kier alpha value is -3.15. The Bertz CT molecular complexity index is 1130. The fraction of sp³-hybridized carbons (Fsp3) is 0.231. The van der Waals surface area contributed by atoms with Crippen LogP contribution in [0.5, 0.6) is 5.75 Å². The molecule has 0 aliphatic rings. The summed E-state index contributed by atoms with van der Waals surface area (Å²) < 4.78 is 5.53. The van der Waals surface area contributed by atoms with Crippen LogP contribution in [0.1, 0.15) is 24.0 Å². The van der Waals surface area contributed by atoms with E-state index in [0.29, 0.717) is 30.6 Å². The first-order chi connectivity index (χ1) is 15.0. The maximum absolute atomic E-state index is 13.0. The number of halogens is 1. The maximum atomic E-state index is 13.0. The Kier molecular flexibility index (Phi) is 9.00. The molecule has 6 heteroatoms. The van der Waals surface area contributed by atoms with Gasteiger partial charge in [0.05, 0.1) is 10.9 Å². The number of carbonyl (C=O) groups is 1. The Labute approximate surface area is 194 Å². The lowest BCUT2D eigenvalue weighted by Crippen LogP contribution is -2.37. The first-order valence-corrected chi connectivity index (χ1v) is 10.2. The summed E-state index contributed by atoms with van der Waals surface area (Å²) in [5.41, 5.74) is 0.523. The van der Waals surface area contributed by atoms with Crippen LogP contribution in [0.15, 0.2) is 89.1 Å². The quantitative estimate of drug-likeness (QED) is 0.348. The Balaban J connectivity index is 0.00000363. The van der Waals surface area contributed by atoms with Crippen molar-refractivity contribution in [1.82, 2.24) is 4.90 Å². The lowest BCUT2D eigenvalue weighted by atomic mass is 9.78. The van der Waals surface area contributed by atoms with Gasteiger partial charge in [0.1, 0.15) is 17.1 Å². The minimum atomic E-state index is -0.670. The summed E-state index contributed by atoms with van der Waals surface area (Å²) in [6.45, 7) is 10.6. The summed E-state index contributed by atoms with van der Waals surface area (Å²) >= 11 is 0. The Morgan fingerprint density at radius 1 is 1.06 bits per heavy atom. The molecule has 0 fully saturated rings. The monoisotopic (exact) mass is 453 g/mol. The largest absolute Gasteiger partial charge is 0.507 e. The van der Waals surface area contributed by atoms with Gasteiger partial charge in [-0.15, -0.1) is 25.6 Å². The van der Waals surface area contributed by atoms with Crippen molar-refractivity contribution in [3.63, 3.8) is 0 Å². The molecule has 0 bridgehead atoms. The zero-order valence-corrected chi connectivity index (χ0v) is 18.9. The molecule has 0 saturated carbocycles. The van der Waals surface area contributed by atoms with Crippen molar-refractivity contribution in [2.75, 3.05) is 19.6 Å². The number of benzene rings is 2. The smallest absolute Gasteiger partial charge is 0.343 e. The van der Waals surface area contributed by atoms with E-state index in [9.17, 15) is 14.7 Å². The van der Waals surface area contributed by atoms with E-state index in [-0.39, 0.29) is 29.5 Å². The number of fused-ring (bicyclic) bond motifs is 1. The van der Waals surface area contributed by atoms with Gasteiger partial charge in [-0.1, -0.05) is 54.6 Å². The van der Waals surface area contributed by atoms with Gasteiger partial charge in [-0.05, 0) is 24.6 Å². The lowest BCUT2D eigenvalue weighted by molar-refractivity contribution is -0.121. The molecule has 32 heavy (non-hydrogen) atoms. The van der Waals surface area contributed by atoms with Crippen molar-refractivity contribution in [3.05, 3.63) is 101 Å². The van der Waals surface area contributed by atoms with Gasteiger partial charge in [0.15, 0.2) is 0 Å². The van der Waals surface area contributed by atoms with Gasteiger partial charge in [-0.25, -0.2) is 4.79 Å². The lowest BCUT2D eigenvalue weighted by Gasteiger charge is -2.30. The van der Waals surface area contributed by atoms with Crippen LogP contribution in [0.2, 0.25) is 0 Å². The highest BCUT2D eigenvalue weighted by atomic mass is 35.5. The second kappa shape index (κ2) is 11.5. The third-order valence-electron chi connectivity index (χ3n) is 5.44. The normalized spacial score (nSPS) is 12.7. The summed E-state index contributed by atoms with van der Waals surface area (Å²) in [6.07, 6.45) is 3.53. The minimum Gasteiger partial charge on any atom is -0.507 e. The van der Waals surface area contributed by atoms with E-state index in [2.05, 4.69) is 13.2 Å². The van der Waals surface area contributed by atoms with Crippen LogP contribution in [0, 0.1) is 5.92 Å². The molecule has 0 radical (unpaired) electrons. The van der Waals surface area contributed by atoms with Gasteiger partial charge >= 0.3 is 5.63 Å². The van der Waals surface area contributed by atoms with Crippen molar-refractivity contribution in [2.45, 2.75) is 12.8 Å². The van der Waals surface area contributed by atoms with Crippen molar-refractivity contribution >= 4 is 29.2 Å². The van der Waals surface area contributed by atoms with E-state index in [4.69, 9.17) is 4.42 Å². The number of hydrogen-bond acceptors (Lipinski definition) is 5. The average molecular weight is 454 g/mol. The summed E-state index contributed by atoms with van der Waals surface area (Å²) in [5.74, 6) is -1.49. The van der Waals surface area contributed by atoms with Crippen molar-refractivity contribution in [2.24, 2.45) is 5.92 Å². The highest BCUT2D eigenvalue weighted by molar-refractivity contribution is 5.86. The standard InChI is InChI=1S/C26H27NO4.ClH/c1-4-15-27(16-5-2)17-21(18(3)28)23(19-11-7-6-8-12-19)24-25(29)20-13-9-10-14-22(20)31-26(24)30;/h4-14,21,23,29H,1-2,15-17H2,3H3;1H. The summed E-state index contributed by atoms with van der Waals surface area (Å²) in [5, 5.41) is 11.6. The van der Waals surface area contributed by atoms with Crippen LogP contribution in [0.25, 0.3) is 11.0 Å². The molecule has 1 heterocycles. The Morgan fingerprint density at radius 2 is 1.66 bits per heavy atom. The fourth-order valence-corrected chi connectivity index (χ4v) is 4.02. The first kappa shape index (κ1) is 25.1. The van der Waals surface area contributed by atoms with Gasteiger partial charge < -0.3 is 9.52 Å². The molecule has 2 unspecified atom stereocenters. The van der Waals surface area contributed by atoms with Crippen LogP contribution in [0.4, 0.5) is 0 Å². The number of nitrogens with zero attached hydrogens (tertiary/aromatic N) is 1. The van der Waals surface area contributed by atoms with Crippen LogP contribution >= 0.6 is 12.4 Å². The number of ketones is 1. The zero-order valence-electron chi connectivity index (χ0n) is 18.1. The van der Waals surface area contributed by atoms with Crippen LogP contribution < -0.4 is 5.63 Å². The van der Waals surface area contributed by atoms with E-state index in [1.165, 1.54) is 6.92 Å². The molecule has 3 aromatic rings. The number of hydrogen-bond donors (Lipinski definition) is 1. The van der Waals surface area contributed by atoms with Gasteiger partial charge in [-0.2, -0.15) is 0 Å². The summed E-state index contributed by atoms with van der Waals surface area (Å²) in [7, 11) is 0. The van der Waals surface area contributed by atoms with Crippen molar-refractivity contribution < 1.29 is 14.3 Å². The van der Waals surface area contributed by atoms with Gasteiger partial charge in [0, 0.05) is 31.5 Å². The number of para-hydroxylation sites is 1. The molecule has 0 aliphatic carbocycles. The van der Waals surface area contributed by atoms with E-state index < -0.39 is 17.5 Å². The number of aromatic hydroxyl groups is 1. The molecule has 0 spiro atoms. The molecule has 1 aromatic heterocycles. The molecule has 0 aliphatic heterocycles. The van der Waals surface area contributed by atoms with Gasteiger partial charge in [0.2, 0.25) is 0 Å². The van der Waals surface area contributed by atoms with Crippen molar-refractivity contribution in [3.8, 4) is 5.75 Å². The molecule has 5 nitrogen and oxygen atoms in total. The third kappa shape index (κ3) is 5.36. The van der Waals surface area contributed by atoms with Crippen LogP contribution in [-0.2, 0) is 4.79 Å². The second-order valence-electron chi connectivity index (χ2n) is 7.55. The van der Waals surface area contributed by atoms with Gasteiger partial charge in [-0.3, -0.25) is 9.69 Å². The van der Waals surface area contributed by atoms with E-state index >= 15 is 0 Å². The number of Topliss-reactive ketones (excluding diaryl/α,β-unsaturated/α-hetero) is 1. The zero-order chi connectivity index (χ0) is 22.4. The topological polar surface area (TPSA) is 70.8 Å². The second-order valence-corrected chi connectivity index (χ2v) is 7.55. The van der Waals surface area contributed by atoms with Crippen LogP contribution in [-0.4, -0.2) is 35.4 Å². The average Bonchev–Trinajstić information content (AvgIpc) is 2.76. The van der Waals surface area contributed by atoms with E-state index in [0.717, 1.165) is 5.56 Å². The van der Waals surface area contributed by atoms with E-state index in [1.807, 2.05) is 35.2 Å². The predicted octanol–water partition coefficient (Wildman–Crippen LogP) is 4.93. The Morgan fingerprint density at radius 3 is 2.25 bits per heavy atom. The van der Waals surface area contributed by atoms with Crippen LogP contribution in [0.3, 0.4) is 0 Å². The van der Waals surface area contributed by atoms with Gasteiger partial charge in [0.25, 0.3) is 0 Å². The molecule has 2 atom stereocenters. The maximum Gasteiger partial charge on any atom is 0.343 e. The molecular formula is C26H28ClNO4.